The molecule has 0 spiro atoms. The summed E-state index contributed by atoms with van der Waals surface area (Å²) in [6, 6.07) is 0. The van der Waals surface area contributed by atoms with E-state index in [0.29, 0.717) is 5.33 Å². The predicted molar refractivity (Wildman–Crippen MR) is 32.5 cm³/mol. The maximum Gasteiger partial charge on any atom is 0.251 e. The summed E-state index contributed by atoms with van der Waals surface area (Å²) in [6.07, 6.45) is -2.26. The second-order valence-corrected chi connectivity index (χ2v) is 2.83. The molecule has 0 aliphatic carbocycles. The van der Waals surface area contributed by atoms with Crippen molar-refractivity contribution in [1.82, 2.24) is 0 Å². The van der Waals surface area contributed by atoms with Gasteiger partial charge in [0.25, 0.3) is 6.43 Å². The van der Waals surface area contributed by atoms with E-state index in [2.05, 4.69) is 31.9 Å². The van der Waals surface area contributed by atoms with Gasteiger partial charge >= 0.3 is 0 Å². The summed E-state index contributed by atoms with van der Waals surface area (Å²) in [5.41, 5.74) is 0. The van der Waals surface area contributed by atoms with Crippen molar-refractivity contribution < 1.29 is 8.78 Å². The molecule has 0 aromatic heterocycles. The molecule has 1 unspecified atom stereocenters. The smallest absolute Gasteiger partial charge is 0.209 e. The molecular weight excluding hydrogens is 234 g/mol. The third-order valence-corrected chi connectivity index (χ3v) is 2.71. The molecule has 0 aromatic carbocycles. The Labute approximate surface area is 57.5 Å². The third kappa shape index (κ3) is 3.41. The Morgan fingerprint density at radius 1 is 1.43 bits per heavy atom. The van der Waals surface area contributed by atoms with Crippen molar-refractivity contribution in [1.29, 1.82) is 0 Å². The Bertz CT molecular complexity index is 48.2. The Morgan fingerprint density at radius 2 is 1.86 bits per heavy atom. The highest BCUT2D eigenvalue weighted by molar-refractivity contribution is 9.12. The van der Waals surface area contributed by atoms with Gasteiger partial charge in [0.05, 0.1) is 4.83 Å². The van der Waals surface area contributed by atoms with Crippen LogP contribution in [0.4, 0.5) is 8.78 Å². The summed E-state index contributed by atoms with van der Waals surface area (Å²) in [6.45, 7) is 0. The first kappa shape index (κ1) is 7.82. The van der Waals surface area contributed by atoms with Gasteiger partial charge in [-0.3, -0.25) is 0 Å². The van der Waals surface area contributed by atoms with Gasteiger partial charge in [-0.15, -0.1) is 0 Å². The standard InChI is InChI=1S/C3H4Br2F2/c4-1-2(5)3(6)7/h2-3H,1H2. The lowest BCUT2D eigenvalue weighted by Crippen LogP contribution is -2.10. The molecule has 0 saturated heterocycles. The van der Waals surface area contributed by atoms with Crippen LogP contribution < -0.4 is 0 Å². The molecule has 0 radical (unpaired) electrons. The van der Waals surface area contributed by atoms with E-state index in [-0.39, 0.29) is 0 Å². The first-order valence-electron chi connectivity index (χ1n) is 1.66. The van der Waals surface area contributed by atoms with Crippen LogP contribution in [0.5, 0.6) is 0 Å². The summed E-state index contributed by atoms with van der Waals surface area (Å²) in [5, 5.41) is 0.296. The minimum atomic E-state index is -2.26. The number of hydrogen-bond acceptors (Lipinski definition) is 0. The molecule has 0 N–H and O–H groups in total. The summed E-state index contributed by atoms with van der Waals surface area (Å²) in [7, 11) is 0. The predicted octanol–water partition coefficient (Wildman–Crippen LogP) is 2.41. The minimum absolute atomic E-state index is 0.296. The van der Waals surface area contributed by atoms with Gasteiger partial charge in [0, 0.05) is 5.33 Å². The van der Waals surface area contributed by atoms with Crippen LogP contribution in [-0.2, 0) is 0 Å². The molecule has 0 aliphatic heterocycles. The summed E-state index contributed by atoms with van der Waals surface area (Å²) in [5.74, 6) is 0. The Morgan fingerprint density at radius 3 is 1.86 bits per heavy atom. The SMILES string of the molecule is FC(F)C(Br)CBr. The lowest BCUT2D eigenvalue weighted by atomic mass is 10.5. The van der Waals surface area contributed by atoms with Crippen LogP contribution in [0.2, 0.25) is 0 Å². The molecular formula is C3H4Br2F2. The van der Waals surface area contributed by atoms with E-state index in [1.165, 1.54) is 0 Å². The van der Waals surface area contributed by atoms with Gasteiger partial charge in [0.15, 0.2) is 0 Å². The molecule has 0 fully saturated rings. The van der Waals surface area contributed by atoms with E-state index < -0.39 is 11.3 Å². The van der Waals surface area contributed by atoms with Crippen LogP contribution in [0.1, 0.15) is 0 Å². The van der Waals surface area contributed by atoms with Crippen LogP contribution in [0, 0.1) is 0 Å². The third-order valence-electron chi connectivity index (χ3n) is 0.421. The molecule has 0 aliphatic rings. The Kier molecular flexibility index (Phi) is 4.22. The van der Waals surface area contributed by atoms with Gasteiger partial charge in [0.2, 0.25) is 0 Å². The largest absolute Gasteiger partial charge is 0.251 e. The van der Waals surface area contributed by atoms with Crippen molar-refractivity contribution in [2.24, 2.45) is 0 Å². The van der Waals surface area contributed by atoms with Crippen LogP contribution >= 0.6 is 31.9 Å². The maximum atomic E-state index is 11.4. The van der Waals surface area contributed by atoms with Crippen LogP contribution in [-0.4, -0.2) is 16.6 Å². The fourth-order valence-electron chi connectivity index (χ4n) is 0.0673. The van der Waals surface area contributed by atoms with E-state index in [1.54, 1.807) is 0 Å². The number of hydrogen-bond donors (Lipinski definition) is 0. The highest BCUT2D eigenvalue weighted by atomic mass is 79.9. The minimum Gasteiger partial charge on any atom is -0.209 e. The van der Waals surface area contributed by atoms with E-state index in [1.807, 2.05) is 0 Å². The normalized spacial score (nSPS) is 15.0. The summed E-state index contributed by atoms with van der Waals surface area (Å²) >= 11 is 5.63. The quantitative estimate of drug-likeness (QED) is 0.648. The fourth-order valence-corrected chi connectivity index (χ4v) is 0.350. The van der Waals surface area contributed by atoms with E-state index >= 15 is 0 Å². The molecule has 0 nitrogen and oxygen atoms in total. The van der Waals surface area contributed by atoms with Gasteiger partial charge in [-0.1, -0.05) is 31.9 Å². The monoisotopic (exact) mass is 236 g/mol. The molecule has 0 amide bonds. The molecule has 0 aromatic rings. The van der Waals surface area contributed by atoms with E-state index in [9.17, 15) is 8.78 Å². The van der Waals surface area contributed by atoms with Crippen molar-refractivity contribution in [3.63, 3.8) is 0 Å². The topological polar surface area (TPSA) is 0 Å². The number of rotatable bonds is 2. The Balaban J connectivity index is 3.14. The summed E-state index contributed by atoms with van der Waals surface area (Å²) < 4.78 is 22.7. The van der Waals surface area contributed by atoms with E-state index in [0.717, 1.165) is 0 Å². The highest BCUT2D eigenvalue weighted by Gasteiger charge is 2.13. The molecule has 44 valence electrons. The highest BCUT2D eigenvalue weighted by Crippen LogP contribution is 2.12. The second kappa shape index (κ2) is 3.78. The molecule has 1 atom stereocenters. The van der Waals surface area contributed by atoms with Gasteiger partial charge in [-0.25, -0.2) is 8.78 Å². The lowest BCUT2D eigenvalue weighted by Gasteiger charge is -1.99. The van der Waals surface area contributed by atoms with Crippen molar-refractivity contribution in [3.8, 4) is 0 Å². The van der Waals surface area contributed by atoms with Crippen molar-refractivity contribution in [3.05, 3.63) is 0 Å². The van der Waals surface area contributed by atoms with E-state index in [4.69, 9.17) is 0 Å². The van der Waals surface area contributed by atoms with Crippen molar-refractivity contribution >= 4 is 31.9 Å². The van der Waals surface area contributed by atoms with Gasteiger partial charge < -0.3 is 0 Å². The van der Waals surface area contributed by atoms with Crippen LogP contribution in [0.15, 0.2) is 0 Å². The number of alkyl halides is 4. The lowest BCUT2D eigenvalue weighted by molar-refractivity contribution is 0.154. The van der Waals surface area contributed by atoms with Gasteiger partial charge in [0.1, 0.15) is 0 Å². The average Bonchev–Trinajstić information content (AvgIpc) is 1.65. The second-order valence-electron chi connectivity index (χ2n) is 1.00. The van der Waals surface area contributed by atoms with Gasteiger partial charge in [-0.2, -0.15) is 0 Å². The van der Waals surface area contributed by atoms with Crippen LogP contribution in [0.3, 0.4) is 0 Å². The molecule has 0 rings (SSSR count). The molecule has 0 saturated carbocycles. The summed E-state index contributed by atoms with van der Waals surface area (Å²) in [4.78, 5) is -0.701. The fraction of sp³-hybridized carbons (Fsp3) is 1.00. The zero-order chi connectivity index (χ0) is 5.86. The van der Waals surface area contributed by atoms with Crippen LogP contribution in [0.25, 0.3) is 0 Å². The molecule has 0 bridgehead atoms. The zero-order valence-electron chi connectivity index (χ0n) is 3.37. The maximum absolute atomic E-state index is 11.4. The molecule has 4 heteroatoms. The molecule has 7 heavy (non-hydrogen) atoms. The van der Waals surface area contributed by atoms with Crippen molar-refractivity contribution in [2.45, 2.75) is 11.3 Å². The molecule has 0 heterocycles. The number of halogens is 4. The first-order chi connectivity index (χ1) is 3.18. The van der Waals surface area contributed by atoms with Crippen molar-refractivity contribution in [2.75, 3.05) is 5.33 Å². The zero-order valence-corrected chi connectivity index (χ0v) is 6.55. The van der Waals surface area contributed by atoms with Gasteiger partial charge in [-0.05, 0) is 0 Å². The average molecular weight is 238 g/mol. The Hall–Kier alpha value is 0.820. The first-order valence-corrected chi connectivity index (χ1v) is 3.70.